The van der Waals surface area contributed by atoms with Crippen molar-refractivity contribution in [1.82, 2.24) is 9.80 Å². The Balaban J connectivity index is 1.50. The molecular weight excluding hydrogens is 335 g/mol. The maximum Gasteiger partial charge on any atom is 0.290 e. The van der Waals surface area contributed by atoms with Gasteiger partial charge in [0.15, 0.2) is 5.76 Å². The number of hydrogen-bond donors (Lipinski definition) is 0. The first kappa shape index (κ1) is 17.2. The largest absolute Gasteiger partial charge is 0.459 e. The molecule has 0 bridgehead atoms. The number of halogens is 1. The minimum atomic E-state index is -0.180. The number of nitrogens with zero attached hydrogens (tertiary/aromatic N) is 2. The molecule has 2 saturated heterocycles. The normalized spacial score (nSPS) is 23.7. The quantitative estimate of drug-likeness (QED) is 0.846. The lowest BCUT2D eigenvalue weighted by Crippen LogP contribution is -2.61. The number of fused-ring (bicyclic) bond motifs is 1. The maximum absolute atomic E-state index is 14.1. The highest BCUT2D eigenvalue weighted by molar-refractivity contribution is 5.91. The molecule has 3 heterocycles. The number of amides is 1. The number of morpholine rings is 1. The van der Waals surface area contributed by atoms with Crippen LogP contribution in [0, 0.1) is 12.7 Å². The molecule has 6 heteroatoms. The molecule has 1 amide bonds. The monoisotopic (exact) mass is 358 g/mol. The molecule has 2 aliphatic heterocycles. The molecule has 2 fully saturated rings. The van der Waals surface area contributed by atoms with Crippen molar-refractivity contribution >= 4 is 5.91 Å². The van der Waals surface area contributed by atoms with Crippen molar-refractivity contribution in [3.63, 3.8) is 0 Å². The predicted octanol–water partition coefficient (Wildman–Crippen LogP) is 2.84. The Morgan fingerprint density at radius 1 is 1.31 bits per heavy atom. The molecule has 0 aliphatic carbocycles. The standard InChI is InChI=1S/C20H23FN2O3/c1-14-4-5-16(21)15(11-14)12-22-7-6-18-17(13-22)23(8-10-26-18)20(24)19-3-2-9-25-19/h2-5,9,11,17-18H,6-8,10,12-13H2,1H3/t17-,18-/m0/s1. The summed E-state index contributed by atoms with van der Waals surface area (Å²) in [6, 6.07) is 8.57. The fourth-order valence-electron chi connectivity index (χ4n) is 3.94. The zero-order chi connectivity index (χ0) is 18.1. The maximum atomic E-state index is 14.1. The molecule has 1 aromatic heterocycles. The summed E-state index contributed by atoms with van der Waals surface area (Å²) >= 11 is 0. The highest BCUT2D eigenvalue weighted by Gasteiger charge is 2.40. The molecule has 2 aliphatic rings. The van der Waals surface area contributed by atoms with Crippen LogP contribution in [0.3, 0.4) is 0 Å². The second kappa shape index (κ2) is 7.21. The molecule has 26 heavy (non-hydrogen) atoms. The van der Waals surface area contributed by atoms with Crippen LogP contribution < -0.4 is 0 Å². The van der Waals surface area contributed by atoms with E-state index in [9.17, 15) is 9.18 Å². The summed E-state index contributed by atoms with van der Waals surface area (Å²) < 4.78 is 25.3. The number of carbonyl (C=O) groups excluding carboxylic acids is 1. The van der Waals surface area contributed by atoms with Gasteiger partial charge in [0.25, 0.3) is 5.91 Å². The van der Waals surface area contributed by atoms with Crippen LogP contribution in [0.1, 0.15) is 28.1 Å². The van der Waals surface area contributed by atoms with Gasteiger partial charge in [0.1, 0.15) is 5.82 Å². The second-order valence-corrected chi connectivity index (χ2v) is 7.07. The molecule has 0 N–H and O–H groups in total. The fourth-order valence-corrected chi connectivity index (χ4v) is 3.94. The van der Waals surface area contributed by atoms with Crippen molar-refractivity contribution < 1.29 is 18.3 Å². The molecule has 0 radical (unpaired) electrons. The van der Waals surface area contributed by atoms with Crippen molar-refractivity contribution in [2.24, 2.45) is 0 Å². The summed E-state index contributed by atoms with van der Waals surface area (Å²) in [5, 5.41) is 0. The lowest BCUT2D eigenvalue weighted by molar-refractivity contribution is -0.0920. The molecule has 0 saturated carbocycles. The number of ether oxygens (including phenoxy) is 1. The summed E-state index contributed by atoms with van der Waals surface area (Å²) in [5.41, 5.74) is 1.75. The molecule has 5 nitrogen and oxygen atoms in total. The Labute approximate surface area is 152 Å². The highest BCUT2D eigenvalue weighted by Crippen LogP contribution is 2.26. The number of aryl methyl sites for hydroxylation is 1. The van der Waals surface area contributed by atoms with Crippen molar-refractivity contribution in [1.29, 1.82) is 0 Å². The van der Waals surface area contributed by atoms with Gasteiger partial charge in [-0.3, -0.25) is 9.69 Å². The van der Waals surface area contributed by atoms with Crippen LogP contribution in [0.2, 0.25) is 0 Å². The van der Waals surface area contributed by atoms with E-state index < -0.39 is 0 Å². The molecule has 2 aromatic rings. The van der Waals surface area contributed by atoms with E-state index >= 15 is 0 Å². The van der Waals surface area contributed by atoms with Crippen molar-refractivity contribution in [3.05, 3.63) is 59.3 Å². The fraction of sp³-hybridized carbons (Fsp3) is 0.450. The molecule has 138 valence electrons. The second-order valence-electron chi connectivity index (χ2n) is 7.07. The molecule has 4 rings (SSSR count). The smallest absolute Gasteiger partial charge is 0.290 e. The van der Waals surface area contributed by atoms with E-state index in [2.05, 4.69) is 4.90 Å². The summed E-state index contributed by atoms with van der Waals surface area (Å²) in [6.45, 7) is 5.10. The SMILES string of the molecule is Cc1ccc(F)c(CN2CC[C@@H]3OCCN(C(=O)c4ccco4)[C@H]3C2)c1. The zero-order valence-corrected chi connectivity index (χ0v) is 14.9. The van der Waals surface area contributed by atoms with E-state index in [4.69, 9.17) is 9.15 Å². The number of benzene rings is 1. The Morgan fingerprint density at radius 2 is 2.19 bits per heavy atom. The predicted molar refractivity (Wildman–Crippen MR) is 94.3 cm³/mol. The molecule has 0 spiro atoms. The van der Waals surface area contributed by atoms with Crippen molar-refractivity contribution in [2.75, 3.05) is 26.2 Å². The Kier molecular flexibility index (Phi) is 4.78. The topological polar surface area (TPSA) is 45.9 Å². The first-order chi connectivity index (χ1) is 12.6. The highest BCUT2D eigenvalue weighted by atomic mass is 19.1. The summed E-state index contributed by atoms with van der Waals surface area (Å²) in [5.74, 6) is 0.0746. The van der Waals surface area contributed by atoms with Gasteiger partial charge in [0.05, 0.1) is 25.0 Å². The van der Waals surface area contributed by atoms with Gasteiger partial charge in [-0.05, 0) is 31.5 Å². The third kappa shape index (κ3) is 3.39. The number of furan rings is 1. The van der Waals surface area contributed by atoms with E-state index in [1.807, 2.05) is 17.9 Å². The van der Waals surface area contributed by atoms with Crippen LogP contribution in [-0.4, -0.2) is 54.1 Å². The van der Waals surface area contributed by atoms with Gasteiger partial charge in [0.2, 0.25) is 0 Å². The number of hydrogen-bond acceptors (Lipinski definition) is 4. The lowest BCUT2D eigenvalue weighted by Gasteiger charge is -2.46. The minimum Gasteiger partial charge on any atom is -0.459 e. The van der Waals surface area contributed by atoms with E-state index in [1.54, 1.807) is 18.2 Å². The molecule has 0 unspecified atom stereocenters. The molecule has 2 atom stereocenters. The number of piperidine rings is 1. The van der Waals surface area contributed by atoms with Gasteiger partial charge in [-0.15, -0.1) is 0 Å². The van der Waals surface area contributed by atoms with E-state index in [-0.39, 0.29) is 23.9 Å². The van der Waals surface area contributed by atoms with E-state index in [0.29, 0.717) is 37.6 Å². The Morgan fingerprint density at radius 3 is 3.00 bits per heavy atom. The van der Waals surface area contributed by atoms with Gasteiger partial charge in [-0.2, -0.15) is 0 Å². The Bertz CT molecular complexity index is 777. The van der Waals surface area contributed by atoms with Gasteiger partial charge in [0, 0.05) is 31.7 Å². The average Bonchev–Trinajstić information content (AvgIpc) is 3.18. The van der Waals surface area contributed by atoms with E-state index in [1.165, 1.54) is 12.3 Å². The van der Waals surface area contributed by atoms with Crippen LogP contribution >= 0.6 is 0 Å². The van der Waals surface area contributed by atoms with Crippen LogP contribution in [0.5, 0.6) is 0 Å². The Hall–Kier alpha value is -2.18. The van der Waals surface area contributed by atoms with Gasteiger partial charge < -0.3 is 14.1 Å². The number of likely N-dealkylation sites (tertiary alicyclic amines) is 1. The third-order valence-corrected chi connectivity index (χ3v) is 5.26. The van der Waals surface area contributed by atoms with Crippen LogP contribution in [0.25, 0.3) is 0 Å². The lowest BCUT2D eigenvalue weighted by atomic mass is 9.97. The van der Waals surface area contributed by atoms with Gasteiger partial charge >= 0.3 is 0 Å². The van der Waals surface area contributed by atoms with Crippen LogP contribution in [-0.2, 0) is 11.3 Å². The summed E-state index contributed by atoms with van der Waals surface area (Å²) in [4.78, 5) is 16.8. The average molecular weight is 358 g/mol. The van der Waals surface area contributed by atoms with Crippen molar-refractivity contribution in [3.8, 4) is 0 Å². The van der Waals surface area contributed by atoms with Crippen LogP contribution in [0.4, 0.5) is 4.39 Å². The first-order valence-electron chi connectivity index (χ1n) is 9.05. The zero-order valence-electron chi connectivity index (χ0n) is 14.9. The minimum absolute atomic E-state index is 0.0290. The number of carbonyl (C=O) groups is 1. The van der Waals surface area contributed by atoms with Gasteiger partial charge in [-0.25, -0.2) is 4.39 Å². The first-order valence-corrected chi connectivity index (χ1v) is 9.05. The number of rotatable bonds is 3. The molecule has 1 aromatic carbocycles. The van der Waals surface area contributed by atoms with E-state index in [0.717, 1.165) is 18.5 Å². The molecular formula is C20H23FN2O3. The van der Waals surface area contributed by atoms with Crippen molar-refractivity contribution in [2.45, 2.75) is 32.0 Å². The van der Waals surface area contributed by atoms with Crippen LogP contribution in [0.15, 0.2) is 41.0 Å². The summed E-state index contributed by atoms with van der Waals surface area (Å²) in [6.07, 6.45) is 2.38. The van der Waals surface area contributed by atoms with Gasteiger partial charge in [-0.1, -0.05) is 17.7 Å². The third-order valence-electron chi connectivity index (χ3n) is 5.26. The summed E-state index contributed by atoms with van der Waals surface area (Å²) in [7, 11) is 0.